The molecule has 28 heavy (non-hydrogen) atoms. The molecule has 1 rings (SSSR count). The lowest BCUT2D eigenvalue weighted by Crippen LogP contribution is -2.42. The summed E-state index contributed by atoms with van der Waals surface area (Å²) in [5, 5.41) is 18.6. The third-order valence-corrected chi connectivity index (χ3v) is 5.05. The fraction of sp³-hybridized carbons (Fsp3) is 0.619. The van der Waals surface area contributed by atoms with E-state index in [0.29, 0.717) is 31.2 Å². The molecular formula is C21H35FN4O2. The number of benzene rings is 1. The Morgan fingerprint density at radius 1 is 1.14 bits per heavy atom. The van der Waals surface area contributed by atoms with Crippen LogP contribution in [0.5, 0.6) is 0 Å². The fourth-order valence-corrected chi connectivity index (χ4v) is 3.01. The average Bonchev–Trinajstić information content (AvgIpc) is 2.68. The molecule has 0 atom stereocenters. The van der Waals surface area contributed by atoms with Crippen LogP contribution in [0.4, 0.5) is 4.39 Å². The molecule has 158 valence electrons. The second kappa shape index (κ2) is 13.1. The van der Waals surface area contributed by atoms with Crippen LogP contribution >= 0.6 is 0 Å². The van der Waals surface area contributed by atoms with E-state index in [4.69, 9.17) is 0 Å². The van der Waals surface area contributed by atoms with Crippen LogP contribution in [0.2, 0.25) is 0 Å². The number of halogens is 1. The minimum atomic E-state index is -0.338. The Labute approximate surface area is 168 Å². The van der Waals surface area contributed by atoms with Gasteiger partial charge >= 0.3 is 0 Å². The molecule has 4 N–H and O–H groups in total. The zero-order valence-electron chi connectivity index (χ0n) is 17.4. The van der Waals surface area contributed by atoms with E-state index in [1.807, 2.05) is 6.92 Å². The number of guanidine groups is 1. The van der Waals surface area contributed by atoms with Gasteiger partial charge in [-0.05, 0) is 49.3 Å². The highest BCUT2D eigenvalue weighted by Crippen LogP contribution is 2.30. The van der Waals surface area contributed by atoms with Crippen molar-refractivity contribution in [3.05, 3.63) is 35.6 Å². The van der Waals surface area contributed by atoms with E-state index < -0.39 is 0 Å². The summed E-state index contributed by atoms with van der Waals surface area (Å²) in [6.45, 7) is 8.78. The van der Waals surface area contributed by atoms with E-state index in [-0.39, 0.29) is 30.2 Å². The maximum Gasteiger partial charge on any atom is 0.224 e. The van der Waals surface area contributed by atoms with Crippen molar-refractivity contribution in [3.63, 3.8) is 0 Å². The first-order chi connectivity index (χ1) is 13.5. The Hall–Kier alpha value is -2.15. The molecule has 0 bridgehead atoms. The number of nitrogens with one attached hydrogen (secondary N) is 3. The highest BCUT2D eigenvalue weighted by molar-refractivity contribution is 5.80. The van der Waals surface area contributed by atoms with Gasteiger partial charge in [0.05, 0.1) is 6.42 Å². The number of rotatable bonds is 12. The normalized spacial score (nSPS) is 12.0. The third-order valence-electron chi connectivity index (χ3n) is 5.05. The molecule has 1 aromatic carbocycles. The highest BCUT2D eigenvalue weighted by Gasteiger charge is 2.25. The predicted molar refractivity (Wildman–Crippen MR) is 112 cm³/mol. The van der Waals surface area contributed by atoms with E-state index in [0.717, 1.165) is 25.8 Å². The van der Waals surface area contributed by atoms with E-state index >= 15 is 0 Å². The van der Waals surface area contributed by atoms with Crippen molar-refractivity contribution in [2.24, 2.45) is 10.4 Å². The first kappa shape index (κ1) is 23.9. The summed E-state index contributed by atoms with van der Waals surface area (Å²) < 4.78 is 13.2. The van der Waals surface area contributed by atoms with Gasteiger partial charge in [0, 0.05) is 32.8 Å². The van der Waals surface area contributed by atoms with Crippen molar-refractivity contribution >= 4 is 11.9 Å². The van der Waals surface area contributed by atoms with Gasteiger partial charge in [0.1, 0.15) is 5.82 Å². The van der Waals surface area contributed by atoms with E-state index in [2.05, 4.69) is 34.8 Å². The summed E-state index contributed by atoms with van der Waals surface area (Å²) >= 11 is 0. The molecule has 0 aliphatic rings. The zero-order valence-corrected chi connectivity index (χ0v) is 17.4. The van der Waals surface area contributed by atoms with Crippen molar-refractivity contribution in [2.45, 2.75) is 46.5 Å². The van der Waals surface area contributed by atoms with E-state index in [1.165, 1.54) is 12.1 Å². The summed E-state index contributed by atoms with van der Waals surface area (Å²) in [6, 6.07) is 6.06. The summed E-state index contributed by atoms with van der Waals surface area (Å²) in [7, 11) is 0. The summed E-state index contributed by atoms with van der Waals surface area (Å²) in [6.07, 6.45) is 2.81. The van der Waals surface area contributed by atoms with Crippen molar-refractivity contribution in [1.29, 1.82) is 0 Å². The minimum absolute atomic E-state index is 0.0102. The maximum absolute atomic E-state index is 13.2. The van der Waals surface area contributed by atoms with Crippen LogP contribution in [-0.4, -0.2) is 49.8 Å². The average molecular weight is 395 g/mol. The Bertz CT molecular complexity index is 618. The van der Waals surface area contributed by atoms with Gasteiger partial charge in [-0.1, -0.05) is 26.0 Å². The van der Waals surface area contributed by atoms with Gasteiger partial charge < -0.3 is 21.1 Å². The summed E-state index contributed by atoms with van der Waals surface area (Å²) in [5.41, 5.74) is 0.663. The lowest BCUT2D eigenvalue weighted by atomic mass is 9.79. The van der Waals surface area contributed by atoms with E-state index in [1.54, 1.807) is 12.1 Å². The quantitative estimate of drug-likeness (QED) is 0.249. The lowest BCUT2D eigenvalue weighted by Gasteiger charge is -2.29. The van der Waals surface area contributed by atoms with Gasteiger partial charge in [0.2, 0.25) is 5.91 Å². The molecule has 0 fully saturated rings. The van der Waals surface area contributed by atoms with Crippen LogP contribution in [0.1, 0.15) is 45.6 Å². The molecular weight excluding hydrogens is 359 g/mol. The Morgan fingerprint density at radius 3 is 2.46 bits per heavy atom. The van der Waals surface area contributed by atoms with Gasteiger partial charge in [-0.2, -0.15) is 0 Å². The molecule has 0 saturated carbocycles. The number of carbonyl (C=O) groups excluding carboxylic acids is 1. The van der Waals surface area contributed by atoms with Gasteiger partial charge in [-0.15, -0.1) is 0 Å². The molecule has 7 heteroatoms. The van der Waals surface area contributed by atoms with Gasteiger partial charge in [-0.3, -0.25) is 9.79 Å². The van der Waals surface area contributed by atoms with Gasteiger partial charge in [-0.25, -0.2) is 4.39 Å². The molecule has 0 radical (unpaired) electrons. The standard InChI is InChI=1S/C21H35FN4O2/c1-4-21(5-2,10-13-27)16-26-20(23-6-3)25-12-11-24-19(28)15-17-8-7-9-18(22)14-17/h7-9,14,27H,4-6,10-13,15-16H2,1-3H3,(H,24,28)(H2,23,25,26). The van der Waals surface area contributed by atoms with Crippen LogP contribution in [0.25, 0.3) is 0 Å². The number of carbonyl (C=O) groups is 1. The Kier molecular flexibility index (Phi) is 11.2. The second-order valence-corrected chi connectivity index (χ2v) is 6.96. The first-order valence-electron chi connectivity index (χ1n) is 10.1. The molecule has 6 nitrogen and oxygen atoms in total. The van der Waals surface area contributed by atoms with Crippen LogP contribution < -0.4 is 16.0 Å². The molecule has 0 aromatic heterocycles. The van der Waals surface area contributed by atoms with Crippen LogP contribution in [0.3, 0.4) is 0 Å². The SMILES string of the molecule is CCNC(=NCC(CC)(CC)CCO)NCCNC(=O)Cc1cccc(F)c1. The second-order valence-electron chi connectivity index (χ2n) is 6.96. The topological polar surface area (TPSA) is 85.8 Å². The maximum atomic E-state index is 13.2. The number of aliphatic imine (C=N–C) groups is 1. The minimum Gasteiger partial charge on any atom is -0.396 e. The van der Waals surface area contributed by atoms with Gasteiger partial charge in [0.25, 0.3) is 0 Å². The number of aliphatic hydroxyl groups excluding tert-OH is 1. The molecule has 1 amide bonds. The third kappa shape index (κ3) is 8.69. The number of aliphatic hydroxyl groups is 1. The van der Waals surface area contributed by atoms with E-state index in [9.17, 15) is 14.3 Å². The number of hydrogen-bond acceptors (Lipinski definition) is 3. The molecule has 0 saturated heterocycles. The molecule has 0 unspecified atom stereocenters. The zero-order chi connectivity index (χ0) is 20.8. The number of hydrogen-bond donors (Lipinski definition) is 4. The molecule has 0 spiro atoms. The Balaban J connectivity index is 2.46. The first-order valence-corrected chi connectivity index (χ1v) is 10.1. The molecule has 0 heterocycles. The van der Waals surface area contributed by atoms with Crippen molar-refractivity contribution in [2.75, 3.05) is 32.8 Å². The van der Waals surface area contributed by atoms with Crippen molar-refractivity contribution in [3.8, 4) is 0 Å². The molecule has 0 aliphatic heterocycles. The fourth-order valence-electron chi connectivity index (χ4n) is 3.01. The van der Waals surface area contributed by atoms with Crippen molar-refractivity contribution < 1.29 is 14.3 Å². The largest absolute Gasteiger partial charge is 0.396 e. The van der Waals surface area contributed by atoms with Crippen LogP contribution in [0, 0.1) is 11.2 Å². The summed E-state index contributed by atoms with van der Waals surface area (Å²) in [5.74, 6) is 0.217. The lowest BCUT2D eigenvalue weighted by molar-refractivity contribution is -0.120. The molecule has 0 aliphatic carbocycles. The summed E-state index contributed by atoms with van der Waals surface area (Å²) in [4.78, 5) is 16.6. The van der Waals surface area contributed by atoms with Crippen molar-refractivity contribution in [1.82, 2.24) is 16.0 Å². The Morgan fingerprint density at radius 2 is 1.86 bits per heavy atom. The van der Waals surface area contributed by atoms with Gasteiger partial charge in [0.15, 0.2) is 5.96 Å². The van der Waals surface area contributed by atoms with Crippen LogP contribution in [-0.2, 0) is 11.2 Å². The predicted octanol–water partition coefficient (Wildman–Crippen LogP) is 2.23. The number of nitrogens with zero attached hydrogens (tertiary/aromatic N) is 1. The monoisotopic (exact) mass is 394 g/mol. The van der Waals surface area contributed by atoms with Crippen LogP contribution in [0.15, 0.2) is 29.3 Å². The highest BCUT2D eigenvalue weighted by atomic mass is 19.1. The molecule has 1 aromatic rings. The smallest absolute Gasteiger partial charge is 0.224 e. The number of amides is 1.